The van der Waals surface area contributed by atoms with Crippen molar-refractivity contribution in [3.05, 3.63) is 58.1 Å². The number of fused-ring (bicyclic) bond motifs is 1. The Balaban J connectivity index is 1.78. The van der Waals surface area contributed by atoms with E-state index in [1.165, 1.54) is 17.0 Å². The molecule has 1 aliphatic rings. The molecule has 0 aromatic heterocycles. The summed E-state index contributed by atoms with van der Waals surface area (Å²) in [5.74, 6) is -0.127. The van der Waals surface area contributed by atoms with Crippen molar-refractivity contribution in [3.63, 3.8) is 0 Å². The van der Waals surface area contributed by atoms with Gasteiger partial charge in [0.05, 0.1) is 21.7 Å². The van der Waals surface area contributed by atoms with Crippen molar-refractivity contribution in [2.75, 3.05) is 19.4 Å². The molecular formula is C17H15Cl2NO4S. The largest absolute Gasteiger partial charge is 0.482 e. The number of para-hydroxylation sites is 1. The number of benzene rings is 2. The van der Waals surface area contributed by atoms with Crippen LogP contribution in [0, 0.1) is 0 Å². The quantitative estimate of drug-likeness (QED) is 0.790. The molecule has 2 aromatic carbocycles. The molecule has 0 fully saturated rings. The molecule has 0 aliphatic carbocycles. The minimum Gasteiger partial charge on any atom is -0.482 e. The monoisotopic (exact) mass is 399 g/mol. The Labute approximate surface area is 156 Å². The van der Waals surface area contributed by atoms with Crippen molar-refractivity contribution in [1.82, 2.24) is 4.90 Å². The molecule has 2 aromatic rings. The van der Waals surface area contributed by atoms with Crippen LogP contribution in [0.3, 0.4) is 0 Å². The summed E-state index contributed by atoms with van der Waals surface area (Å²) in [7, 11) is -1.89. The summed E-state index contributed by atoms with van der Waals surface area (Å²) < 4.78 is 30.0. The molecule has 0 unspecified atom stereocenters. The number of ether oxygens (including phenoxy) is 1. The van der Waals surface area contributed by atoms with Crippen LogP contribution >= 0.6 is 23.2 Å². The van der Waals surface area contributed by atoms with Gasteiger partial charge in [0.25, 0.3) is 5.91 Å². The molecule has 5 nitrogen and oxygen atoms in total. The number of hydrogen-bond donors (Lipinski definition) is 0. The van der Waals surface area contributed by atoms with E-state index in [4.69, 9.17) is 27.9 Å². The van der Waals surface area contributed by atoms with Crippen LogP contribution in [-0.2, 0) is 14.6 Å². The number of halogens is 2. The lowest BCUT2D eigenvalue weighted by Gasteiger charge is -2.24. The normalized spacial score (nSPS) is 17.8. The van der Waals surface area contributed by atoms with Crippen molar-refractivity contribution in [1.29, 1.82) is 0 Å². The van der Waals surface area contributed by atoms with Gasteiger partial charge in [-0.2, -0.15) is 0 Å². The summed E-state index contributed by atoms with van der Waals surface area (Å²) in [6.45, 7) is -0.243. The van der Waals surface area contributed by atoms with Gasteiger partial charge in [0.2, 0.25) is 0 Å². The van der Waals surface area contributed by atoms with Crippen LogP contribution in [0.1, 0.15) is 11.6 Å². The van der Waals surface area contributed by atoms with E-state index in [0.717, 1.165) is 0 Å². The van der Waals surface area contributed by atoms with Gasteiger partial charge in [0, 0.05) is 12.1 Å². The summed E-state index contributed by atoms with van der Waals surface area (Å²) in [6.07, 6.45) is 0. The Morgan fingerprint density at radius 1 is 1.24 bits per heavy atom. The minimum absolute atomic E-state index is 0.170. The number of carbonyl (C=O) groups excluding carboxylic acids is 1. The first-order valence-electron chi connectivity index (χ1n) is 7.45. The number of hydrogen-bond acceptors (Lipinski definition) is 4. The molecule has 0 saturated heterocycles. The summed E-state index contributed by atoms with van der Waals surface area (Å²) >= 11 is 12.0. The van der Waals surface area contributed by atoms with Crippen LogP contribution in [-0.4, -0.2) is 38.6 Å². The second-order valence-corrected chi connectivity index (χ2v) is 8.55. The second-order valence-electron chi connectivity index (χ2n) is 5.70. The maximum atomic E-state index is 12.5. The van der Waals surface area contributed by atoms with Gasteiger partial charge in [-0.25, -0.2) is 8.42 Å². The van der Waals surface area contributed by atoms with Crippen LogP contribution < -0.4 is 4.74 Å². The highest BCUT2D eigenvalue weighted by Crippen LogP contribution is 2.38. The first-order valence-corrected chi connectivity index (χ1v) is 9.85. The number of carbonyl (C=O) groups is 1. The molecule has 0 spiro atoms. The summed E-state index contributed by atoms with van der Waals surface area (Å²) in [4.78, 5) is 14.0. The van der Waals surface area contributed by atoms with Gasteiger partial charge in [0.15, 0.2) is 16.4 Å². The number of likely N-dealkylation sites (N-methyl/N-ethyl adjacent to an activating group) is 1. The van der Waals surface area contributed by atoms with Gasteiger partial charge in [-0.15, -0.1) is 0 Å². The molecule has 1 heterocycles. The zero-order valence-corrected chi connectivity index (χ0v) is 15.6. The molecule has 0 saturated carbocycles. The van der Waals surface area contributed by atoms with E-state index in [-0.39, 0.29) is 23.2 Å². The lowest BCUT2D eigenvalue weighted by molar-refractivity contribution is -0.133. The number of amides is 1. The van der Waals surface area contributed by atoms with E-state index < -0.39 is 15.9 Å². The maximum Gasteiger partial charge on any atom is 0.260 e. The van der Waals surface area contributed by atoms with E-state index >= 15 is 0 Å². The Morgan fingerprint density at radius 2 is 1.96 bits per heavy atom. The molecule has 0 N–H and O–H groups in total. The predicted octanol–water partition coefficient (Wildman–Crippen LogP) is 3.36. The molecule has 0 radical (unpaired) electrons. The molecule has 1 aliphatic heterocycles. The molecule has 8 heteroatoms. The first kappa shape index (κ1) is 18.0. The fourth-order valence-electron chi connectivity index (χ4n) is 2.75. The molecule has 25 heavy (non-hydrogen) atoms. The zero-order chi connectivity index (χ0) is 18.2. The Bertz CT molecular complexity index is 930. The van der Waals surface area contributed by atoms with Crippen LogP contribution in [0.4, 0.5) is 0 Å². The van der Waals surface area contributed by atoms with Gasteiger partial charge in [-0.1, -0.05) is 35.3 Å². The van der Waals surface area contributed by atoms with Crippen molar-refractivity contribution in [2.45, 2.75) is 10.9 Å². The fraction of sp³-hybridized carbons (Fsp3) is 0.235. The Kier molecular flexibility index (Phi) is 4.95. The fourth-order valence-corrected chi connectivity index (χ4v) is 4.95. The predicted molar refractivity (Wildman–Crippen MR) is 96.0 cm³/mol. The van der Waals surface area contributed by atoms with Gasteiger partial charge >= 0.3 is 0 Å². The third-order valence-corrected chi connectivity index (χ3v) is 6.44. The summed E-state index contributed by atoms with van der Waals surface area (Å²) in [5.41, 5.74) is 0.529. The highest BCUT2D eigenvalue weighted by molar-refractivity contribution is 7.91. The van der Waals surface area contributed by atoms with E-state index in [2.05, 4.69) is 0 Å². The van der Waals surface area contributed by atoms with Crippen molar-refractivity contribution in [3.8, 4) is 5.75 Å². The van der Waals surface area contributed by atoms with E-state index in [1.807, 2.05) is 0 Å². The van der Waals surface area contributed by atoms with Crippen molar-refractivity contribution in [2.24, 2.45) is 0 Å². The van der Waals surface area contributed by atoms with E-state index in [9.17, 15) is 13.2 Å². The van der Waals surface area contributed by atoms with Gasteiger partial charge in [-0.05, 0) is 35.9 Å². The average molecular weight is 400 g/mol. The summed E-state index contributed by atoms with van der Waals surface area (Å²) in [5, 5.41) is 0.826. The third kappa shape index (κ3) is 3.61. The highest BCUT2D eigenvalue weighted by atomic mass is 35.5. The van der Waals surface area contributed by atoms with Crippen LogP contribution in [0.5, 0.6) is 5.75 Å². The highest BCUT2D eigenvalue weighted by Gasteiger charge is 2.38. The third-order valence-electron chi connectivity index (χ3n) is 4.09. The smallest absolute Gasteiger partial charge is 0.260 e. The van der Waals surface area contributed by atoms with Gasteiger partial charge < -0.3 is 9.64 Å². The number of rotatable bonds is 4. The summed E-state index contributed by atoms with van der Waals surface area (Å²) in [6, 6.07) is 10.8. The molecule has 0 bridgehead atoms. The van der Waals surface area contributed by atoms with E-state index in [1.54, 1.807) is 37.4 Å². The van der Waals surface area contributed by atoms with Crippen molar-refractivity contribution < 1.29 is 17.9 Å². The minimum atomic E-state index is -3.44. The van der Waals surface area contributed by atoms with Crippen LogP contribution in [0.2, 0.25) is 10.0 Å². The Morgan fingerprint density at radius 3 is 2.68 bits per heavy atom. The molecule has 132 valence electrons. The molecule has 3 rings (SSSR count). The first-order chi connectivity index (χ1) is 11.8. The molecule has 1 atom stereocenters. The van der Waals surface area contributed by atoms with Crippen LogP contribution in [0.15, 0.2) is 47.4 Å². The number of nitrogens with zero attached hydrogens (tertiary/aromatic N) is 1. The lowest BCUT2D eigenvalue weighted by atomic mass is 10.1. The van der Waals surface area contributed by atoms with Crippen molar-refractivity contribution >= 4 is 38.9 Å². The van der Waals surface area contributed by atoms with Gasteiger partial charge in [0.1, 0.15) is 5.75 Å². The molecule has 1 amide bonds. The maximum absolute atomic E-state index is 12.5. The topological polar surface area (TPSA) is 63.7 Å². The number of sulfone groups is 1. The Hall–Kier alpha value is -1.76. The average Bonchev–Trinajstić information content (AvgIpc) is 2.83. The zero-order valence-electron chi connectivity index (χ0n) is 13.3. The van der Waals surface area contributed by atoms with Crippen LogP contribution in [0.25, 0.3) is 0 Å². The van der Waals surface area contributed by atoms with E-state index in [0.29, 0.717) is 21.4 Å². The standard InChI is InChI=1S/C17H15Cl2NO4S/c1-20(17(21)9-24-15-5-3-2-4-13(15)19)14-10-25(22,23)16-7-6-11(18)8-12(14)16/h2-8,14H,9-10H2,1H3/t14-/m1/s1. The van der Waals surface area contributed by atoms with Gasteiger partial charge in [-0.3, -0.25) is 4.79 Å². The molecular weight excluding hydrogens is 385 g/mol. The SMILES string of the molecule is CN(C(=O)COc1ccccc1Cl)[C@@H]1CS(=O)(=O)c2ccc(Cl)cc21. The second kappa shape index (κ2) is 6.86. The lowest BCUT2D eigenvalue weighted by Crippen LogP contribution is -2.35.